The molecule has 110 valence electrons. The van der Waals surface area contributed by atoms with Crippen LogP contribution in [-0.4, -0.2) is 13.1 Å². The van der Waals surface area contributed by atoms with E-state index in [9.17, 15) is 4.79 Å². The van der Waals surface area contributed by atoms with Gasteiger partial charge >= 0.3 is 5.97 Å². The molecule has 0 aliphatic rings. The molecule has 2 nitrogen and oxygen atoms in total. The first kappa shape index (κ1) is 14.5. The number of benzene rings is 2. The largest absolute Gasteiger partial charge is 0.465 e. The van der Waals surface area contributed by atoms with Crippen LogP contribution < -0.4 is 0 Å². The minimum absolute atomic E-state index is 0.267. The van der Waals surface area contributed by atoms with Crippen molar-refractivity contribution in [2.75, 3.05) is 7.11 Å². The molecular weight excluding hydrogens is 292 g/mol. The Labute approximate surface area is 134 Å². The second-order valence-corrected chi connectivity index (χ2v) is 5.79. The van der Waals surface area contributed by atoms with Crippen LogP contribution >= 0.6 is 11.3 Å². The Bertz CT molecular complexity index is 758. The van der Waals surface area contributed by atoms with Gasteiger partial charge < -0.3 is 4.74 Å². The van der Waals surface area contributed by atoms with Gasteiger partial charge in [-0.05, 0) is 34.1 Å². The first-order valence-corrected chi connectivity index (χ1v) is 8.00. The van der Waals surface area contributed by atoms with Crippen LogP contribution in [0.15, 0.2) is 65.4 Å². The Kier molecular flexibility index (Phi) is 4.35. The molecule has 0 atom stereocenters. The SMILES string of the molecule is COC(=O)c1cscc1Cc1ccc(-c2ccccc2)cc1. The number of hydrogen-bond donors (Lipinski definition) is 0. The van der Waals surface area contributed by atoms with Gasteiger partial charge in [-0.1, -0.05) is 54.6 Å². The summed E-state index contributed by atoms with van der Waals surface area (Å²) >= 11 is 1.53. The lowest BCUT2D eigenvalue weighted by molar-refractivity contribution is 0.0600. The lowest BCUT2D eigenvalue weighted by Gasteiger charge is -2.05. The molecule has 0 saturated carbocycles. The van der Waals surface area contributed by atoms with E-state index in [4.69, 9.17) is 4.74 Å². The number of carbonyl (C=O) groups excluding carboxylic acids is 1. The van der Waals surface area contributed by atoms with E-state index in [0.29, 0.717) is 5.56 Å². The van der Waals surface area contributed by atoms with E-state index >= 15 is 0 Å². The quantitative estimate of drug-likeness (QED) is 0.648. The van der Waals surface area contributed by atoms with Gasteiger partial charge in [-0.25, -0.2) is 4.79 Å². The number of methoxy groups -OCH3 is 1. The van der Waals surface area contributed by atoms with Crippen molar-refractivity contribution >= 4 is 17.3 Å². The summed E-state index contributed by atoms with van der Waals surface area (Å²) in [5.74, 6) is -0.267. The van der Waals surface area contributed by atoms with E-state index in [2.05, 4.69) is 36.4 Å². The highest BCUT2D eigenvalue weighted by atomic mass is 32.1. The fraction of sp³-hybridized carbons (Fsp3) is 0.105. The second kappa shape index (κ2) is 6.58. The standard InChI is InChI=1S/C19H16O2S/c1-21-19(20)18-13-22-12-17(18)11-14-7-9-16(10-8-14)15-5-3-2-4-6-15/h2-10,12-13H,11H2,1H3. The molecule has 22 heavy (non-hydrogen) atoms. The minimum Gasteiger partial charge on any atom is -0.465 e. The van der Waals surface area contributed by atoms with Crippen LogP contribution in [0.3, 0.4) is 0 Å². The van der Waals surface area contributed by atoms with Gasteiger partial charge in [0, 0.05) is 5.38 Å². The van der Waals surface area contributed by atoms with Gasteiger partial charge in [0.05, 0.1) is 12.7 Å². The first-order chi connectivity index (χ1) is 10.8. The van der Waals surface area contributed by atoms with Crippen molar-refractivity contribution in [3.8, 4) is 11.1 Å². The van der Waals surface area contributed by atoms with Crippen molar-refractivity contribution < 1.29 is 9.53 Å². The Hall–Kier alpha value is -2.39. The molecule has 0 radical (unpaired) electrons. The third kappa shape index (κ3) is 3.10. The van der Waals surface area contributed by atoms with Crippen molar-refractivity contribution in [1.82, 2.24) is 0 Å². The smallest absolute Gasteiger partial charge is 0.338 e. The number of hydrogen-bond acceptors (Lipinski definition) is 3. The summed E-state index contributed by atoms with van der Waals surface area (Å²) < 4.78 is 4.82. The van der Waals surface area contributed by atoms with Crippen LogP contribution in [0, 0.1) is 0 Å². The summed E-state index contributed by atoms with van der Waals surface area (Å²) in [5, 5.41) is 3.86. The molecule has 2 aromatic carbocycles. The van der Waals surface area contributed by atoms with Gasteiger partial charge in [-0.2, -0.15) is 11.3 Å². The van der Waals surface area contributed by atoms with Crippen LogP contribution in [0.2, 0.25) is 0 Å². The summed E-state index contributed by atoms with van der Waals surface area (Å²) in [4.78, 5) is 11.7. The zero-order chi connectivity index (χ0) is 15.4. The Morgan fingerprint density at radius 3 is 2.32 bits per heavy atom. The van der Waals surface area contributed by atoms with E-state index in [1.54, 1.807) is 0 Å². The molecule has 0 amide bonds. The number of rotatable bonds is 4. The van der Waals surface area contributed by atoms with Gasteiger partial charge in [0.25, 0.3) is 0 Å². The number of carbonyl (C=O) groups is 1. The van der Waals surface area contributed by atoms with Crippen molar-refractivity contribution in [1.29, 1.82) is 0 Å². The highest BCUT2D eigenvalue weighted by Crippen LogP contribution is 2.23. The summed E-state index contributed by atoms with van der Waals surface area (Å²) in [7, 11) is 1.42. The molecular formula is C19H16O2S. The maximum Gasteiger partial charge on any atom is 0.338 e. The van der Waals surface area contributed by atoms with E-state index in [1.807, 2.05) is 29.0 Å². The summed E-state index contributed by atoms with van der Waals surface area (Å²) in [6, 6.07) is 18.8. The topological polar surface area (TPSA) is 26.3 Å². The third-order valence-corrected chi connectivity index (χ3v) is 4.40. The van der Waals surface area contributed by atoms with Gasteiger partial charge in [-0.15, -0.1) is 0 Å². The van der Waals surface area contributed by atoms with Crippen LogP contribution in [0.25, 0.3) is 11.1 Å². The van der Waals surface area contributed by atoms with E-state index in [1.165, 1.54) is 35.1 Å². The molecule has 3 aromatic rings. The maximum absolute atomic E-state index is 11.7. The second-order valence-electron chi connectivity index (χ2n) is 5.04. The van der Waals surface area contributed by atoms with Crippen molar-refractivity contribution in [3.05, 3.63) is 82.0 Å². The summed E-state index contributed by atoms with van der Waals surface area (Å²) in [6.07, 6.45) is 0.739. The molecule has 0 aliphatic heterocycles. The summed E-state index contributed by atoms with van der Waals surface area (Å²) in [6.45, 7) is 0. The fourth-order valence-electron chi connectivity index (χ4n) is 2.41. The van der Waals surface area contributed by atoms with E-state index < -0.39 is 0 Å². The van der Waals surface area contributed by atoms with Crippen LogP contribution in [0.5, 0.6) is 0 Å². The van der Waals surface area contributed by atoms with Crippen molar-refractivity contribution in [2.24, 2.45) is 0 Å². The normalized spacial score (nSPS) is 10.4. The molecule has 0 fully saturated rings. The zero-order valence-electron chi connectivity index (χ0n) is 12.3. The molecule has 3 rings (SSSR count). The van der Waals surface area contributed by atoms with Crippen molar-refractivity contribution in [2.45, 2.75) is 6.42 Å². The number of ether oxygens (including phenoxy) is 1. The van der Waals surface area contributed by atoms with Gasteiger partial charge in [-0.3, -0.25) is 0 Å². The Morgan fingerprint density at radius 1 is 0.955 bits per heavy atom. The zero-order valence-corrected chi connectivity index (χ0v) is 13.1. The van der Waals surface area contributed by atoms with Gasteiger partial charge in [0.2, 0.25) is 0 Å². The highest BCUT2D eigenvalue weighted by Gasteiger charge is 2.13. The lowest BCUT2D eigenvalue weighted by atomic mass is 10.00. The molecule has 0 unspecified atom stereocenters. The lowest BCUT2D eigenvalue weighted by Crippen LogP contribution is -2.03. The van der Waals surface area contributed by atoms with Crippen LogP contribution in [0.4, 0.5) is 0 Å². The third-order valence-electron chi connectivity index (χ3n) is 3.60. The Balaban J connectivity index is 1.80. The molecule has 1 aromatic heterocycles. The molecule has 0 spiro atoms. The maximum atomic E-state index is 11.7. The minimum atomic E-state index is -0.267. The number of esters is 1. The molecule has 0 bridgehead atoms. The number of thiophene rings is 1. The van der Waals surface area contributed by atoms with Crippen LogP contribution in [0.1, 0.15) is 21.5 Å². The molecule has 3 heteroatoms. The van der Waals surface area contributed by atoms with Crippen LogP contribution in [-0.2, 0) is 11.2 Å². The Morgan fingerprint density at radius 2 is 1.64 bits per heavy atom. The summed E-state index contributed by atoms with van der Waals surface area (Å²) in [5.41, 5.74) is 5.27. The van der Waals surface area contributed by atoms with E-state index in [0.717, 1.165) is 12.0 Å². The van der Waals surface area contributed by atoms with Gasteiger partial charge in [0.1, 0.15) is 0 Å². The van der Waals surface area contributed by atoms with Gasteiger partial charge in [0.15, 0.2) is 0 Å². The average molecular weight is 308 g/mol. The molecule has 0 N–H and O–H groups in total. The highest BCUT2D eigenvalue weighted by molar-refractivity contribution is 7.08. The molecule has 1 heterocycles. The van der Waals surface area contributed by atoms with E-state index in [-0.39, 0.29) is 5.97 Å². The predicted octanol–water partition coefficient (Wildman–Crippen LogP) is 4.79. The first-order valence-electron chi connectivity index (χ1n) is 7.05. The van der Waals surface area contributed by atoms with Crippen molar-refractivity contribution in [3.63, 3.8) is 0 Å². The average Bonchev–Trinajstić information content (AvgIpc) is 3.04. The monoisotopic (exact) mass is 308 g/mol. The predicted molar refractivity (Wildman–Crippen MR) is 90.3 cm³/mol. The fourth-order valence-corrected chi connectivity index (χ4v) is 3.24. The molecule has 0 saturated heterocycles. The molecule has 0 aliphatic carbocycles.